The Bertz CT molecular complexity index is 1260. The number of aryl methyl sites for hydroxylation is 1. The van der Waals surface area contributed by atoms with Crippen LogP contribution in [0.3, 0.4) is 0 Å². The number of rotatable bonds is 9. The molecule has 2 N–H and O–H groups in total. The second-order valence-electron chi connectivity index (χ2n) is 7.91. The van der Waals surface area contributed by atoms with Gasteiger partial charge in [-0.15, -0.1) is 0 Å². The van der Waals surface area contributed by atoms with Crippen molar-refractivity contribution in [3.8, 4) is 5.75 Å². The van der Waals surface area contributed by atoms with E-state index in [0.717, 1.165) is 5.56 Å². The highest BCUT2D eigenvalue weighted by atomic mass is 32.2. The minimum absolute atomic E-state index is 0.00686. The Labute approximate surface area is 206 Å². The fourth-order valence-electron chi connectivity index (χ4n) is 3.57. The zero-order valence-corrected chi connectivity index (χ0v) is 20.7. The Morgan fingerprint density at radius 3 is 2.20 bits per heavy atom. The number of amides is 3. The molecule has 3 amide bonds. The molecule has 3 aromatic rings. The summed E-state index contributed by atoms with van der Waals surface area (Å²) in [6, 6.07) is 20.5. The fourth-order valence-corrected chi connectivity index (χ4v) is 4.73. The van der Waals surface area contributed by atoms with Crippen LogP contribution >= 0.6 is 0 Å². The van der Waals surface area contributed by atoms with Gasteiger partial charge in [-0.05, 0) is 55.3 Å². The van der Waals surface area contributed by atoms with Crippen molar-refractivity contribution in [2.24, 2.45) is 0 Å². The molecule has 0 aliphatic rings. The van der Waals surface area contributed by atoms with Gasteiger partial charge in [0.15, 0.2) is 0 Å². The molecule has 1 atom stereocenters. The lowest BCUT2D eigenvalue weighted by atomic mass is 10.0. The SMILES string of the molecule is CCOc1ccc(N(C)C(=O)C(Cc2ccccc2)NC(=O)NS(=O)(=O)c2ccccc2C)cc1. The molecule has 0 aliphatic carbocycles. The van der Waals surface area contributed by atoms with Crippen molar-refractivity contribution in [3.05, 3.63) is 90.0 Å². The van der Waals surface area contributed by atoms with Crippen LogP contribution in [0.5, 0.6) is 5.75 Å². The summed E-state index contributed by atoms with van der Waals surface area (Å²) in [5.41, 5.74) is 1.92. The van der Waals surface area contributed by atoms with Crippen LogP contribution in [0.1, 0.15) is 18.1 Å². The molecule has 0 fully saturated rings. The van der Waals surface area contributed by atoms with Crippen LogP contribution < -0.4 is 19.7 Å². The lowest BCUT2D eigenvalue weighted by Gasteiger charge is -2.25. The Morgan fingerprint density at radius 1 is 0.943 bits per heavy atom. The van der Waals surface area contributed by atoms with Crippen molar-refractivity contribution >= 4 is 27.6 Å². The smallest absolute Gasteiger partial charge is 0.329 e. The van der Waals surface area contributed by atoms with Crippen LogP contribution in [-0.2, 0) is 21.2 Å². The molecule has 3 rings (SSSR count). The first-order valence-electron chi connectivity index (χ1n) is 11.1. The number of hydrogen-bond acceptors (Lipinski definition) is 5. The van der Waals surface area contributed by atoms with E-state index in [1.54, 1.807) is 56.4 Å². The van der Waals surface area contributed by atoms with Gasteiger partial charge in [-0.3, -0.25) is 4.79 Å². The lowest BCUT2D eigenvalue weighted by molar-refractivity contribution is -0.120. The first-order valence-corrected chi connectivity index (χ1v) is 12.6. The standard InChI is InChI=1S/C26H29N3O5S/c1-4-34-22-16-14-21(15-17-22)29(3)25(30)23(18-20-11-6-5-7-12-20)27-26(31)28-35(32,33)24-13-9-8-10-19(24)2/h5-17,23H,4,18H2,1-3H3,(H2,27,28,31). The maximum Gasteiger partial charge on any atom is 0.329 e. The Balaban J connectivity index is 1.80. The second kappa shape index (κ2) is 11.5. The van der Waals surface area contributed by atoms with Gasteiger partial charge < -0.3 is 15.0 Å². The van der Waals surface area contributed by atoms with E-state index in [1.165, 1.54) is 11.0 Å². The van der Waals surface area contributed by atoms with Gasteiger partial charge in [-0.2, -0.15) is 0 Å². The Hall–Kier alpha value is -3.85. The van der Waals surface area contributed by atoms with E-state index in [1.807, 2.05) is 42.0 Å². The maximum absolute atomic E-state index is 13.4. The molecule has 3 aromatic carbocycles. The quantitative estimate of drug-likeness (QED) is 0.472. The minimum Gasteiger partial charge on any atom is -0.494 e. The number of nitrogens with one attached hydrogen (secondary N) is 2. The molecular formula is C26H29N3O5S. The third kappa shape index (κ3) is 6.83. The molecule has 0 heterocycles. The molecule has 0 saturated carbocycles. The van der Waals surface area contributed by atoms with Gasteiger partial charge >= 0.3 is 6.03 Å². The highest BCUT2D eigenvalue weighted by Gasteiger charge is 2.27. The van der Waals surface area contributed by atoms with Gasteiger partial charge in [0.1, 0.15) is 11.8 Å². The largest absolute Gasteiger partial charge is 0.494 e. The van der Waals surface area contributed by atoms with E-state index in [2.05, 4.69) is 5.32 Å². The summed E-state index contributed by atoms with van der Waals surface area (Å²) in [4.78, 5) is 27.5. The zero-order valence-electron chi connectivity index (χ0n) is 19.9. The monoisotopic (exact) mass is 495 g/mol. The van der Waals surface area contributed by atoms with Gasteiger partial charge in [-0.25, -0.2) is 17.9 Å². The molecule has 9 heteroatoms. The maximum atomic E-state index is 13.4. The molecule has 8 nitrogen and oxygen atoms in total. The molecule has 35 heavy (non-hydrogen) atoms. The average molecular weight is 496 g/mol. The van der Waals surface area contributed by atoms with Gasteiger partial charge in [0, 0.05) is 19.2 Å². The van der Waals surface area contributed by atoms with E-state index in [4.69, 9.17) is 4.74 Å². The van der Waals surface area contributed by atoms with Crippen LogP contribution in [0.2, 0.25) is 0 Å². The highest BCUT2D eigenvalue weighted by molar-refractivity contribution is 7.90. The summed E-state index contributed by atoms with van der Waals surface area (Å²) in [7, 11) is -2.52. The van der Waals surface area contributed by atoms with Crippen LogP contribution in [-0.4, -0.2) is 40.1 Å². The first kappa shape index (κ1) is 25.8. The Morgan fingerprint density at radius 2 is 1.57 bits per heavy atom. The molecule has 1 unspecified atom stereocenters. The summed E-state index contributed by atoms with van der Waals surface area (Å²) in [6.07, 6.45) is 0.179. The number of hydrogen-bond donors (Lipinski definition) is 2. The number of ether oxygens (including phenoxy) is 1. The van der Waals surface area contributed by atoms with Crippen molar-refractivity contribution in [1.82, 2.24) is 10.0 Å². The molecular weight excluding hydrogens is 466 g/mol. The number of carbonyl (C=O) groups is 2. The fraction of sp³-hybridized carbons (Fsp3) is 0.231. The van der Waals surface area contributed by atoms with Crippen LogP contribution in [0.15, 0.2) is 83.8 Å². The molecule has 184 valence electrons. The van der Waals surface area contributed by atoms with Gasteiger partial charge in [0.25, 0.3) is 10.0 Å². The first-order chi connectivity index (χ1) is 16.7. The highest BCUT2D eigenvalue weighted by Crippen LogP contribution is 2.20. The predicted octanol–water partition coefficient (Wildman–Crippen LogP) is 3.66. The predicted molar refractivity (Wildman–Crippen MR) is 135 cm³/mol. The van der Waals surface area contributed by atoms with Gasteiger partial charge in [0.05, 0.1) is 11.5 Å². The number of carbonyl (C=O) groups excluding carboxylic acids is 2. The topological polar surface area (TPSA) is 105 Å². The van der Waals surface area contributed by atoms with Crippen LogP contribution in [0.25, 0.3) is 0 Å². The molecule has 0 spiro atoms. The third-order valence-corrected chi connectivity index (χ3v) is 6.85. The number of urea groups is 1. The average Bonchev–Trinajstić information content (AvgIpc) is 2.84. The second-order valence-corrected chi connectivity index (χ2v) is 9.56. The lowest BCUT2D eigenvalue weighted by Crippen LogP contribution is -2.52. The normalized spacial score (nSPS) is 11.9. The Kier molecular flexibility index (Phi) is 8.48. The summed E-state index contributed by atoms with van der Waals surface area (Å²) >= 11 is 0. The summed E-state index contributed by atoms with van der Waals surface area (Å²) in [5.74, 6) is 0.276. The van der Waals surface area contributed by atoms with E-state index in [-0.39, 0.29) is 11.3 Å². The molecule has 0 aromatic heterocycles. The molecule has 0 bridgehead atoms. The summed E-state index contributed by atoms with van der Waals surface area (Å²) in [6.45, 7) is 4.05. The van der Waals surface area contributed by atoms with Crippen molar-refractivity contribution in [1.29, 1.82) is 0 Å². The summed E-state index contributed by atoms with van der Waals surface area (Å²) < 4.78 is 32.9. The molecule has 0 aliphatic heterocycles. The molecule has 0 saturated heterocycles. The van der Waals surface area contributed by atoms with E-state index in [0.29, 0.717) is 23.6 Å². The van der Waals surface area contributed by atoms with Crippen molar-refractivity contribution < 1.29 is 22.7 Å². The van der Waals surface area contributed by atoms with Crippen LogP contribution in [0, 0.1) is 6.92 Å². The third-order valence-electron chi connectivity index (χ3n) is 5.36. The van der Waals surface area contributed by atoms with E-state index >= 15 is 0 Å². The van der Waals surface area contributed by atoms with Crippen molar-refractivity contribution in [2.75, 3.05) is 18.6 Å². The van der Waals surface area contributed by atoms with Crippen LogP contribution in [0.4, 0.5) is 10.5 Å². The number of nitrogens with zero attached hydrogens (tertiary/aromatic N) is 1. The number of anilines is 1. The van der Waals surface area contributed by atoms with Crippen molar-refractivity contribution in [3.63, 3.8) is 0 Å². The van der Waals surface area contributed by atoms with Crippen molar-refractivity contribution in [2.45, 2.75) is 31.2 Å². The van der Waals surface area contributed by atoms with E-state index in [9.17, 15) is 18.0 Å². The summed E-state index contributed by atoms with van der Waals surface area (Å²) in [5, 5.41) is 2.55. The van der Waals surface area contributed by atoms with E-state index < -0.39 is 28.0 Å². The number of likely N-dealkylation sites (N-methyl/N-ethyl adjacent to an activating group) is 1. The van der Waals surface area contributed by atoms with Gasteiger partial charge in [-0.1, -0.05) is 48.5 Å². The molecule has 0 radical (unpaired) electrons. The zero-order chi connectivity index (χ0) is 25.4. The number of benzene rings is 3. The van der Waals surface area contributed by atoms with Gasteiger partial charge in [0.2, 0.25) is 5.91 Å². The number of sulfonamides is 1. The minimum atomic E-state index is -4.12.